The van der Waals surface area contributed by atoms with Crippen molar-refractivity contribution in [3.8, 4) is 0 Å². The molecule has 1 unspecified atom stereocenters. The van der Waals surface area contributed by atoms with Gasteiger partial charge in [-0.2, -0.15) is 0 Å². The molecule has 0 bridgehead atoms. The van der Waals surface area contributed by atoms with Gasteiger partial charge in [-0.1, -0.05) is 11.6 Å². The summed E-state index contributed by atoms with van der Waals surface area (Å²) in [6, 6.07) is 4.70. The number of carbonyl (C=O) groups excluding carboxylic acids is 2. The van der Waals surface area contributed by atoms with Crippen LogP contribution in [0, 0.1) is 0 Å². The number of halogens is 1. The lowest BCUT2D eigenvalue weighted by atomic mass is 10.0. The third-order valence-electron chi connectivity index (χ3n) is 2.54. The third kappa shape index (κ3) is 6.13. The van der Waals surface area contributed by atoms with Crippen molar-refractivity contribution in [2.45, 2.75) is 38.8 Å². The van der Waals surface area contributed by atoms with Gasteiger partial charge in [0.2, 0.25) is 0 Å². The Labute approximate surface area is 133 Å². The van der Waals surface area contributed by atoms with Gasteiger partial charge in [-0.25, -0.2) is 9.59 Å². The summed E-state index contributed by atoms with van der Waals surface area (Å²) in [4.78, 5) is 34.8. The number of rotatable bonds is 5. The number of aliphatic carboxylic acids is 1. The topological polar surface area (TPSA) is 92.7 Å². The number of hydrogen-bond acceptors (Lipinski definition) is 4. The fourth-order valence-electron chi connectivity index (χ4n) is 1.59. The molecular formula is C15H18ClNO5. The number of nitrogens with one attached hydrogen (secondary N) is 1. The fraction of sp³-hybridized carbons (Fsp3) is 0.400. The number of hydrogen-bond donors (Lipinski definition) is 2. The lowest BCUT2D eigenvalue weighted by Crippen LogP contribution is -2.44. The van der Waals surface area contributed by atoms with Gasteiger partial charge in [0.05, 0.1) is 0 Å². The van der Waals surface area contributed by atoms with Crippen molar-refractivity contribution < 1.29 is 24.2 Å². The van der Waals surface area contributed by atoms with Crippen LogP contribution in [0.25, 0.3) is 0 Å². The van der Waals surface area contributed by atoms with Crippen molar-refractivity contribution in [2.24, 2.45) is 0 Å². The minimum absolute atomic E-state index is 0.321. The van der Waals surface area contributed by atoms with Crippen molar-refractivity contribution in [1.29, 1.82) is 0 Å². The summed E-state index contributed by atoms with van der Waals surface area (Å²) in [7, 11) is 0. The highest BCUT2D eigenvalue weighted by Gasteiger charge is 2.26. The van der Waals surface area contributed by atoms with E-state index in [1.54, 1.807) is 20.8 Å². The van der Waals surface area contributed by atoms with E-state index < -0.39 is 29.5 Å². The van der Waals surface area contributed by atoms with Gasteiger partial charge < -0.3 is 15.2 Å². The third-order valence-corrected chi connectivity index (χ3v) is 2.80. The van der Waals surface area contributed by atoms with E-state index in [0.29, 0.717) is 10.6 Å². The van der Waals surface area contributed by atoms with Crippen LogP contribution in [0.5, 0.6) is 0 Å². The smallest absolute Gasteiger partial charge is 0.408 e. The number of ether oxygens (including phenoxy) is 1. The van der Waals surface area contributed by atoms with Gasteiger partial charge >= 0.3 is 12.1 Å². The molecule has 0 saturated carbocycles. The van der Waals surface area contributed by atoms with E-state index in [-0.39, 0.29) is 6.42 Å². The second-order valence-corrected chi connectivity index (χ2v) is 6.11. The van der Waals surface area contributed by atoms with E-state index in [0.717, 1.165) is 0 Å². The molecular weight excluding hydrogens is 310 g/mol. The quantitative estimate of drug-likeness (QED) is 0.811. The number of carboxylic acids is 1. The fourth-order valence-corrected chi connectivity index (χ4v) is 1.71. The molecule has 2 N–H and O–H groups in total. The van der Waals surface area contributed by atoms with Crippen molar-refractivity contribution in [3.63, 3.8) is 0 Å². The van der Waals surface area contributed by atoms with Gasteiger partial charge in [-0.3, -0.25) is 4.79 Å². The summed E-state index contributed by atoms with van der Waals surface area (Å²) in [5.41, 5.74) is -0.436. The zero-order valence-corrected chi connectivity index (χ0v) is 13.3. The number of alkyl carbamates (subject to hydrolysis) is 1. The van der Waals surface area contributed by atoms with Crippen LogP contribution in [0.4, 0.5) is 4.79 Å². The van der Waals surface area contributed by atoms with Crippen molar-refractivity contribution in [3.05, 3.63) is 34.9 Å². The summed E-state index contributed by atoms with van der Waals surface area (Å²) < 4.78 is 4.98. The van der Waals surface area contributed by atoms with Gasteiger partial charge in [0.1, 0.15) is 11.6 Å². The highest BCUT2D eigenvalue weighted by Crippen LogP contribution is 2.13. The van der Waals surface area contributed by atoms with Crippen LogP contribution >= 0.6 is 11.6 Å². The predicted octanol–water partition coefficient (Wildman–Crippen LogP) is 2.89. The van der Waals surface area contributed by atoms with Crippen molar-refractivity contribution >= 4 is 29.4 Å². The standard InChI is InChI=1S/C15H18ClNO5/c1-15(2,3)22-14(21)17-11(13(19)20)8-12(18)9-4-6-10(16)7-5-9/h4-7,11H,8H2,1-3H3,(H,17,21)(H,19,20). The number of carbonyl (C=O) groups is 3. The van der Waals surface area contributed by atoms with Gasteiger partial charge in [0, 0.05) is 17.0 Å². The lowest BCUT2D eigenvalue weighted by Gasteiger charge is -2.21. The molecule has 0 spiro atoms. The maximum atomic E-state index is 12.0. The maximum absolute atomic E-state index is 12.0. The van der Waals surface area contributed by atoms with E-state index in [1.807, 2.05) is 0 Å². The molecule has 1 atom stereocenters. The molecule has 22 heavy (non-hydrogen) atoms. The summed E-state index contributed by atoms with van der Waals surface area (Å²) >= 11 is 5.72. The maximum Gasteiger partial charge on any atom is 0.408 e. The zero-order valence-electron chi connectivity index (χ0n) is 12.6. The molecule has 0 saturated heterocycles. The average molecular weight is 328 g/mol. The molecule has 1 rings (SSSR count). The number of carboxylic acid groups (broad SMARTS) is 1. The Hall–Kier alpha value is -2.08. The Balaban J connectivity index is 2.72. The average Bonchev–Trinajstić information content (AvgIpc) is 2.36. The molecule has 120 valence electrons. The number of benzene rings is 1. The molecule has 0 aliphatic heterocycles. The molecule has 6 nitrogen and oxygen atoms in total. The minimum Gasteiger partial charge on any atom is -0.480 e. The molecule has 1 amide bonds. The summed E-state index contributed by atoms with van der Waals surface area (Å²) in [5, 5.41) is 11.8. The molecule has 1 aromatic rings. The highest BCUT2D eigenvalue weighted by atomic mass is 35.5. The molecule has 1 aromatic carbocycles. The Kier molecular flexibility index (Phi) is 5.93. The van der Waals surface area contributed by atoms with E-state index in [9.17, 15) is 14.4 Å². The SMILES string of the molecule is CC(C)(C)OC(=O)NC(CC(=O)c1ccc(Cl)cc1)C(=O)O. The summed E-state index contributed by atoms with van der Waals surface area (Å²) in [5.74, 6) is -1.73. The monoisotopic (exact) mass is 327 g/mol. The molecule has 0 aromatic heterocycles. The second-order valence-electron chi connectivity index (χ2n) is 5.67. The van der Waals surface area contributed by atoms with Gasteiger partial charge in [-0.15, -0.1) is 0 Å². The first kappa shape index (κ1) is 18.0. The van der Waals surface area contributed by atoms with Crippen LogP contribution in [0.2, 0.25) is 5.02 Å². The first-order valence-corrected chi connectivity index (χ1v) is 6.97. The lowest BCUT2D eigenvalue weighted by molar-refractivity contribution is -0.139. The minimum atomic E-state index is -1.36. The molecule has 0 radical (unpaired) electrons. The predicted molar refractivity (Wildman–Crippen MR) is 81.2 cm³/mol. The Bertz CT molecular complexity index is 562. The van der Waals surface area contributed by atoms with Gasteiger partial charge in [-0.05, 0) is 45.0 Å². The number of ketones is 1. The van der Waals surface area contributed by atoms with E-state index >= 15 is 0 Å². The highest BCUT2D eigenvalue weighted by molar-refractivity contribution is 6.30. The Morgan fingerprint density at radius 3 is 2.23 bits per heavy atom. The van der Waals surface area contributed by atoms with Crippen molar-refractivity contribution in [1.82, 2.24) is 5.32 Å². The van der Waals surface area contributed by atoms with E-state index in [4.69, 9.17) is 21.4 Å². The normalized spacial score (nSPS) is 12.4. The van der Waals surface area contributed by atoms with Crippen LogP contribution in [0.1, 0.15) is 37.6 Å². The first-order chi connectivity index (χ1) is 10.1. The van der Waals surface area contributed by atoms with Crippen LogP contribution in [-0.4, -0.2) is 34.6 Å². The van der Waals surface area contributed by atoms with E-state index in [2.05, 4.69) is 5.32 Å². The van der Waals surface area contributed by atoms with Crippen LogP contribution in [-0.2, 0) is 9.53 Å². The zero-order chi connectivity index (χ0) is 16.9. The van der Waals surface area contributed by atoms with Gasteiger partial charge in [0.25, 0.3) is 0 Å². The second kappa shape index (κ2) is 7.26. The molecule has 0 fully saturated rings. The van der Waals surface area contributed by atoms with Gasteiger partial charge in [0.15, 0.2) is 5.78 Å². The van der Waals surface area contributed by atoms with Crippen molar-refractivity contribution in [2.75, 3.05) is 0 Å². The first-order valence-electron chi connectivity index (χ1n) is 6.59. The van der Waals surface area contributed by atoms with Crippen LogP contribution in [0.15, 0.2) is 24.3 Å². The summed E-state index contributed by atoms with van der Waals surface area (Å²) in [6.45, 7) is 4.96. The van der Waals surface area contributed by atoms with E-state index in [1.165, 1.54) is 24.3 Å². The largest absolute Gasteiger partial charge is 0.480 e. The number of Topliss-reactive ketones (excluding diaryl/α,β-unsaturated/α-hetero) is 1. The Morgan fingerprint density at radius 2 is 1.77 bits per heavy atom. The molecule has 7 heteroatoms. The molecule has 0 heterocycles. The van der Waals surface area contributed by atoms with Crippen LogP contribution in [0.3, 0.4) is 0 Å². The Morgan fingerprint density at radius 1 is 1.23 bits per heavy atom. The van der Waals surface area contributed by atoms with Crippen LogP contribution < -0.4 is 5.32 Å². The number of amides is 1. The summed E-state index contributed by atoms with van der Waals surface area (Å²) in [6.07, 6.45) is -1.26. The molecule has 0 aliphatic rings. The molecule has 0 aliphatic carbocycles.